The Labute approximate surface area is 124 Å². The first-order valence-electron chi connectivity index (χ1n) is 7.46. The van der Waals surface area contributed by atoms with Gasteiger partial charge in [-0.2, -0.15) is 0 Å². The van der Waals surface area contributed by atoms with Crippen molar-refractivity contribution in [2.24, 2.45) is 0 Å². The van der Waals surface area contributed by atoms with E-state index in [1.54, 1.807) is 0 Å². The van der Waals surface area contributed by atoms with E-state index in [-0.39, 0.29) is 5.91 Å². The van der Waals surface area contributed by atoms with Gasteiger partial charge in [0.1, 0.15) is 0 Å². The first kappa shape index (κ1) is 14.0. The Bertz CT molecular complexity index is 437. The summed E-state index contributed by atoms with van der Waals surface area (Å²) in [6, 6.07) is 5.02. The van der Waals surface area contributed by atoms with Gasteiger partial charge in [0.25, 0.3) is 5.91 Å². The number of hydrogen-bond acceptors (Lipinski definition) is 4. The van der Waals surface area contributed by atoms with E-state index in [4.69, 9.17) is 4.74 Å². The third kappa shape index (κ3) is 2.75. The number of ether oxygens (including phenoxy) is 1. The van der Waals surface area contributed by atoms with Crippen molar-refractivity contribution >= 4 is 17.2 Å². The lowest BCUT2D eigenvalue weighted by Gasteiger charge is -2.48. The predicted octanol–water partition coefficient (Wildman–Crippen LogP) is 2.07. The molecule has 0 atom stereocenters. The van der Waals surface area contributed by atoms with E-state index in [1.165, 1.54) is 11.3 Å². The largest absolute Gasteiger partial charge is 0.381 e. The Kier molecular flexibility index (Phi) is 4.38. The third-order valence-corrected chi connectivity index (χ3v) is 5.23. The van der Waals surface area contributed by atoms with Gasteiger partial charge in [0, 0.05) is 38.4 Å². The molecule has 0 spiro atoms. The number of amides is 1. The second-order valence-corrected chi connectivity index (χ2v) is 6.46. The molecule has 4 nitrogen and oxygen atoms in total. The molecule has 1 amide bonds. The van der Waals surface area contributed by atoms with Gasteiger partial charge in [-0.25, -0.2) is 0 Å². The Morgan fingerprint density at radius 1 is 1.40 bits per heavy atom. The minimum absolute atomic E-state index is 0.194. The van der Waals surface area contributed by atoms with Crippen molar-refractivity contribution in [3.8, 4) is 0 Å². The van der Waals surface area contributed by atoms with E-state index in [2.05, 4.69) is 11.8 Å². The topological polar surface area (TPSA) is 32.8 Å². The molecule has 2 fully saturated rings. The number of nitrogens with zero attached hydrogens (tertiary/aromatic N) is 2. The quantitative estimate of drug-likeness (QED) is 0.852. The van der Waals surface area contributed by atoms with Gasteiger partial charge >= 0.3 is 0 Å². The first-order chi connectivity index (χ1) is 9.79. The van der Waals surface area contributed by atoms with Crippen molar-refractivity contribution in [1.82, 2.24) is 9.80 Å². The summed E-state index contributed by atoms with van der Waals surface area (Å²) in [5.41, 5.74) is 0. The molecule has 0 N–H and O–H groups in total. The van der Waals surface area contributed by atoms with Crippen LogP contribution in [0.15, 0.2) is 17.5 Å². The molecule has 0 unspecified atom stereocenters. The highest BCUT2D eigenvalue weighted by atomic mass is 32.1. The van der Waals surface area contributed by atoms with Crippen LogP contribution in [0.1, 0.15) is 29.4 Å². The van der Waals surface area contributed by atoms with Crippen LogP contribution in [0.5, 0.6) is 0 Å². The van der Waals surface area contributed by atoms with E-state index in [1.807, 2.05) is 22.4 Å². The highest BCUT2D eigenvalue weighted by Gasteiger charge is 2.37. The fraction of sp³-hybridized carbons (Fsp3) is 0.667. The Morgan fingerprint density at radius 2 is 2.15 bits per heavy atom. The normalized spacial score (nSPS) is 21.2. The number of likely N-dealkylation sites (tertiary alicyclic amines) is 1. The average molecular weight is 294 g/mol. The summed E-state index contributed by atoms with van der Waals surface area (Å²) in [7, 11) is 0. The number of hydrogen-bond donors (Lipinski definition) is 0. The fourth-order valence-corrected chi connectivity index (χ4v) is 3.91. The summed E-state index contributed by atoms with van der Waals surface area (Å²) in [5.74, 6) is 0.194. The van der Waals surface area contributed by atoms with Crippen molar-refractivity contribution in [3.05, 3.63) is 22.4 Å². The second kappa shape index (κ2) is 6.24. The lowest BCUT2D eigenvalue weighted by molar-refractivity contribution is -0.0220. The zero-order valence-electron chi connectivity index (χ0n) is 12.0. The maximum Gasteiger partial charge on any atom is 0.264 e. The summed E-state index contributed by atoms with van der Waals surface area (Å²) in [5, 5.41) is 1.96. The molecule has 3 rings (SSSR count). The van der Waals surface area contributed by atoms with Gasteiger partial charge in [0.15, 0.2) is 0 Å². The van der Waals surface area contributed by atoms with Gasteiger partial charge in [-0.15, -0.1) is 11.3 Å². The first-order valence-corrected chi connectivity index (χ1v) is 8.34. The monoisotopic (exact) mass is 294 g/mol. The summed E-state index contributed by atoms with van der Waals surface area (Å²) < 4.78 is 5.44. The van der Waals surface area contributed by atoms with Crippen LogP contribution in [0.4, 0.5) is 0 Å². The van der Waals surface area contributed by atoms with Crippen LogP contribution in [-0.2, 0) is 4.74 Å². The molecule has 5 heteroatoms. The Morgan fingerprint density at radius 3 is 2.75 bits per heavy atom. The van der Waals surface area contributed by atoms with E-state index in [9.17, 15) is 4.79 Å². The van der Waals surface area contributed by atoms with E-state index in [0.29, 0.717) is 12.1 Å². The molecule has 0 aliphatic carbocycles. The van der Waals surface area contributed by atoms with Gasteiger partial charge in [-0.1, -0.05) is 13.0 Å². The maximum atomic E-state index is 12.2. The molecule has 2 saturated heterocycles. The zero-order valence-corrected chi connectivity index (χ0v) is 12.8. The van der Waals surface area contributed by atoms with E-state index < -0.39 is 0 Å². The molecule has 2 aliphatic heterocycles. The van der Waals surface area contributed by atoms with Crippen LogP contribution < -0.4 is 0 Å². The van der Waals surface area contributed by atoms with Gasteiger partial charge in [-0.05, 0) is 30.8 Å². The van der Waals surface area contributed by atoms with Crippen LogP contribution in [0.25, 0.3) is 0 Å². The standard InChI is InChI=1S/C15H22N2O2S/c1-2-17(12-5-7-19-8-6-12)13-10-16(11-13)15(18)14-4-3-9-20-14/h3-4,9,12-13H,2,5-8,10-11H2,1H3. The van der Waals surface area contributed by atoms with Crippen LogP contribution in [0.3, 0.4) is 0 Å². The summed E-state index contributed by atoms with van der Waals surface area (Å²) in [6.45, 7) is 6.80. The summed E-state index contributed by atoms with van der Waals surface area (Å²) >= 11 is 1.53. The lowest BCUT2D eigenvalue weighted by atomic mass is 10.00. The van der Waals surface area contributed by atoms with Gasteiger partial charge in [0.05, 0.1) is 4.88 Å². The van der Waals surface area contributed by atoms with Gasteiger partial charge < -0.3 is 9.64 Å². The van der Waals surface area contributed by atoms with Crippen LogP contribution in [0, 0.1) is 0 Å². The van der Waals surface area contributed by atoms with Crippen LogP contribution in [0.2, 0.25) is 0 Å². The molecule has 20 heavy (non-hydrogen) atoms. The molecule has 3 heterocycles. The van der Waals surface area contributed by atoms with Gasteiger partial charge in [-0.3, -0.25) is 9.69 Å². The molecule has 0 bridgehead atoms. The highest BCUT2D eigenvalue weighted by Crippen LogP contribution is 2.24. The number of rotatable bonds is 4. The average Bonchev–Trinajstić information content (AvgIpc) is 2.96. The molecule has 0 aromatic carbocycles. The molecule has 0 radical (unpaired) electrons. The lowest BCUT2D eigenvalue weighted by Crippen LogP contribution is -2.63. The number of thiophene rings is 1. The molecular weight excluding hydrogens is 272 g/mol. The smallest absolute Gasteiger partial charge is 0.264 e. The van der Waals surface area contributed by atoms with Crippen molar-refractivity contribution in [1.29, 1.82) is 0 Å². The summed E-state index contributed by atoms with van der Waals surface area (Å²) in [4.78, 5) is 17.6. The van der Waals surface area contributed by atoms with Crippen molar-refractivity contribution in [2.75, 3.05) is 32.8 Å². The molecule has 1 aromatic rings. The molecule has 2 aliphatic rings. The Hall–Kier alpha value is -0.910. The molecule has 110 valence electrons. The maximum absolute atomic E-state index is 12.2. The van der Waals surface area contributed by atoms with E-state index in [0.717, 1.165) is 50.6 Å². The van der Waals surface area contributed by atoms with E-state index >= 15 is 0 Å². The number of likely N-dealkylation sites (N-methyl/N-ethyl adjacent to an activating group) is 1. The minimum atomic E-state index is 0.194. The van der Waals surface area contributed by atoms with Crippen molar-refractivity contribution in [3.63, 3.8) is 0 Å². The molecule has 1 aromatic heterocycles. The third-order valence-electron chi connectivity index (χ3n) is 4.38. The van der Waals surface area contributed by atoms with Crippen molar-refractivity contribution < 1.29 is 9.53 Å². The fourth-order valence-electron chi connectivity index (χ4n) is 3.22. The predicted molar refractivity (Wildman–Crippen MR) is 80.2 cm³/mol. The summed E-state index contributed by atoms with van der Waals surface area (Å²) in [6.07, 6.45) is 2.26. The zero-order chi connectivity index (χ0) is 13.9. The molecule has 0 saturated carbocycles. The second-order valence-electron chi connectivity index (χ2n) is 5.52. The SMILES string of the molecule is CCN(C1CCOCC1)C1CN(C(=O)c2cccs2)C1. The van der Waals surface area contributed by atoms with Crippen LogP contribution >= 0.6 is 11.3 Å². The minimum Gasteiger partial charge on any atom is -0.381 e. The number of carbonyl (C=O) groups excluding carboxylic acids is 1. The van der Waals surface area contributed by atoms with Crippen LogP contribution in [-0.4, -0.2) is 60.6 Å². The van der Waals surface area contributed by atoms with Crippen molar-refractivity contribution in [2.45, 2.75) is 31.8 Å². The Balaban J connectivity index is 1.54. The molecular formula is C15H22N2O2S. The highest BCUT2D eigenvalue weighted by molar-refractivity contribution is 7.12. The van der Waals surface area contributed by atoms with Gasteiger partial charge in [0.2, 0.25) is 0 Å². The number of carbonyl (C=O) groups is 1.